The lowest BCUT2D eigenvalue weighted by Crippen LogP contribution is -2.30. The van der Waals surface area contributed by atoms with Gasteiger partial charge in [0.25, 0.3) is 0 Å². The molecule has 0 radical (unpaired) electrons. The summed E-state index contributed by atoms with van der Waals surface area (Å²) in [5.74, 6) is 0.855. The molecule has 1 aliphatic heterocycles. The molecule has 3 nitrogen and oxygen atoms in total. The van der Waals surface area contributed by atoms with E-state index in [4.69, 9.17) is 4.98 Å². The molecule has 5 heteroatoms. The second kappa shape index (κ2) is 7.35. The lowest BCUT2D eigenvalue weighted by Gasteiger charge is -2.27. The van der Waals surface area contributed by atoms with Gasteiger partial charge in [-0.15, -0.1) is 22.7 Å². The van der Waals surface area contributed by atoms with Gasteiger partial charge in [0.2, 0.25) is 0 Å². The molecule has 1 aliphatic rings. The number of hydrogen-bond acceptors (Lipinski definition) is 5. The van der Waals surface area contributed by atoms with E-state index in [2.05, 4.69) is 69.9 Å². The van der Waals surface area contributed by atoms with Gasteiger partial charge in [-0.05, 0) is 41.1 Å². The molecule has 1 aromatic carbocycles. The molecule has 0 unspecified atom stereocenters. The van der Waals surface area contributed by atoms with Gasteiger partial charge in [0.15, 0.2) is 5.82 Å². The van der Waals surface area contributed by atoms with Gasteiger partial charge in [-0.25, -0.2) is 9.97 Å². The van der Waals surface area contributed by atoms with E-state index >= 15 is 0 Å². The Morgan fingerprint density at radius 1 is 0.963 bits per heavy atom. The van der Waals surface area contributed by atoms with Crippen LogP contribution in [0.3, 0.4) is 0 Å². The van der Waals surface area contributed by atoms with Crippen molar-refractivity contribution in [3.8, 4) is 21.1 Å². The number of benzene rings is 1. The monoisotopic (exact) mass is 389 g/mol. The van der Waals surface area contributed by atoms with E-state index in [-0.39, 0.29) is 0 Å². The first-order valence-corrected chi connectivity index (χ1v) is 10.8. The Bertz CT molecular complexity index is 1040. The van der Waals surface area contributed by atoms with E-state index in [9.17, 15) is 0 Å². The van der Waals surface area contributed by atoms with E-state index in [0.29, 0.717) is 0 Å². The van der Waals surface area contributed by atoms with Crippen molar-refractivity contribution in [3.05, 3.63) is 82.3 Å². The van der Waals surface area contributed by atoms with Crippen LogP contribution in [-0.2, 0) is 19.5 Å². The first-order chi connectivity index (χ1) is 13.3. The Labute approximate surface area is 167 Å². The minimum absolute atomic E-state index is 0.855. The quantitative estimate of drug-likeness (QED) is 0.462. The highest BCUT2D eigenvalue weighted by molar-refractivity contribution is 7.15. The SMILES string of the molecule is c1ccc(-c2ccc(CN3CCc4cnc(-c5cccs5)nc4C3)s2)cc1. The number of hydrogen-bond donors (Lipinski definition) is 0. The number of thiophene rings is 2. The van der Waals surface area contributed by atoms with Crippen LogP contribution in [0.4, 0.5) is 0 Å². The smallest absolute Gasteiger partial charge is 0.169 e. The van der Waals surface area contributed by atoms with E-state index in [0.717, 1.165) is 36.8 Å². The Morgan fingerprint density at radius 3 is 2.74 bits per heavy atom. The second-order valence-electron chi connectivity index (χ2n) is 6.74. The van der Waals surface area contributed by atoms with E-state index in [1.807, 2.05) is 17.5 Å². The van der Waals surface area contributed by atoms with Crippen LogP contribution >= 0.6 is 22.7 Å². The normalized spacial score (nSPS) is 14.2. The summed E-state index contributed by atoms with van der Waals surface area (Å²) in [7, 11) is 0. The molecule has 0 bridgehead atoms. The first-order valence-electron chi connectivity index (χ1n) is 9.10. The summed E-state index contributed by atoms with van der Waals surface area (Å²) >= 11 is 3.58. The van der Waals surface area contributed by atoms with Crippen LogP contribution in [0.5, 0.6) is 0 Å². The van der Waals surface area contributed by atoms with E-state index in [1.54, 1.807) is 11.3 Å². The van der Waals surface area contributed by atoms with Gasteiger partial charge in [0, 0.05) is 35.6 Å². The van der Waals surface area contributed by atoms with Crippen LogP contribution in [0.1, 0.15) is 16.1 Å². The molecule has 134 valence electrons. The lowest BCUT2D eigenvalue weighted by atomic mass is 10.1. The zero-order valence-corrected chi connectivity index (χ0v) is 16.5. The van der Waals surface area contributed by atoms with Crippen LogP contribution in [-0.4, -0.2) is 21.4 Å². The second-order valence-corrected chi connectivity index (χ2v) is 8.85. The molecule has 0 fully saturated rings. The zero-order valence-electron chi connectivity index (χ0n) is 14.8. The van der Waals surface area contributed by atoms with Gasteiger partial charge in [0.1, 0.15) is 0 Å². The fraction of sp³-hybridized carbons (Fsp3) is 0.182. The number of rotatable bonds is 4. The summed E-state index contributed by atoms with van der Waals surface area (Å²) in [6.45, 7) is 2.94. The molecule has 0 N–H and O–H groups in total. The largest absolute Gasteiger partial charge is 0.292 e. The maximum absolute atomic E-state index is 4.86. The minimum atomic E-state index is 0.855. The molecule has 0 spiro atoms. The molecule has 5 rings (SSSR count). The molecule has 0 saturated heterocycles. The Hall–Kier alpha value is -2.34. The van der Waals surface area contributed by atoms with Gasteiger partial charge in [-0.1, -0.05) is 36.4 Å². The zero-order chi connectivity index (χ0) is 18.1. The van der Waals surface area contributed by atoms with E-state index < -0.39 is 0 Å². The molecule has 0 amide bonds. The van der Waals surface area contributed by atoms with Gasteiger partial charge in [0.05, 0.1) is 10.6 Å². The van der Waals surface area contributed by atoms with Crippen LogP contribution in [0.15, 0.2) is 66.2 Å². The Balaban J connectivity index is 1.32. The van der Waals surface area contributed by atoms with Crippen molar-refractivity contribution in [1.82, 2.24) is 14.9 Å². The predicted octanol–water partition coefficient (Wildman–Crippen LogP) is 5.49. The Morgan fingerprint density at radius 2 is 1.89 bits per heavy atom. The average Bonchev–Trinajstić information content (AvgIpc) is 3.40. The Kier molecular flexibility index (Phi) is 4.57. The van der Waals surface area contributed by atoms with Crippen LogP contribution < -0.4 is 0 Å². The van der Waals surface area contributed by atoms with Crippen molar-refractivity contribution in [3.63, 3.8) is 0 Å². The number of fused-ring (bicyclic) bond motifs is 1. The van der Waals surface area contributed by atoms with Crippen molar-refractivity contribution in [2.24, 2.45) is 0 Å². The van der Waals surface area contributed by atoms with E-state index in [1.165, 1.54) is 26.6 Å². The van der Waals surface area contributed by atoms with Gasteiger partial charge in [-0.2, -0.15) is 0 Å². The number of nitrogens with zero attached hydrogens (tertiary/aromatic N) is 3. The lowest BCUT2D eigenvalue weighted by molar-refractivity contribution is 0.243. The maximum Gasteiger partial charge on any atom is 0.169 e. The standard InChI is InChI=1S/C22H19N3S2/c1-2-5-16(6-3-1)20-9-8-18(27-20)14-25-11-10-17-13-23-22(24-19(17)15-25)21-7-4-12-26-21/h1-9,12-13H,10-11,14-15H2. The maximum atomic E-state index is 4.86. The highest BCUT2D eigenvalue weighted by Gasteiger charge is 2.20. The molecule has 4 aromatic rings. The van der Waals surface area contributed by atoms with Gasteiger partial charge >= 0.3 is 0 Å². The molecule has 27 heavy (non-hydrogen) atoms. The summed E-state index contributed by atoms with van der Waals surface area (Å²) in [5, 5.41) is 2.07. The third-order valence-electron chi connectivity index (χ3n) is 4.87. The third kappa shape index (κ3) is 3.58. The molecule has 3 aromatic heterocycles. The summed E-state index contributed by atoms with van der Waals surface area (Å²) in [6.07, 6.45) is 3.05. The fourth-order valence-corrected chi connectivity index (χ4v) is 5.18. The highest BCUT2D eigenvalue weighted by atomic mass is 32.1. The van der Waals surface area contributed by atoms with Gasteiger partial charge < -0.3 is 0 Å². The number of aromatic nitrogens is 2. The molecule has 4 heterocycles. The van der Waals surface area contributed by atoms with Crippen LogP contribution in [0.2, 0.25) is 0 Å². The van der Waals surface area contributed by atoms with Crippen molar-refractivity contribution in [2.45, 2.75) is 19.5 Å². The molecule has 0 saturated carbocycles. The summed E-state index contributed by atoms with van der Waals surface area (Å²) < 4.78 is 0. The topological polar surface area (TPSA) is 29.0 Å². The third-order valence-corrected chi connectivity index (χ3v) is 6.85. The minimum Gasteiger partial charge on any atom is -0.292 e. The van der Waals surface area contributed by atoms with Gasteiger partial charge in [-0.3, -0.25) is 4.90 Å². The summed E-state index contributed by atoms with van der Waals surface area (Å²) in [5.41, 5.74) is 3.77. The molecule has 0 atom stereocenters. The highest BCUT2D eigenvalue weighted by Crippen LogP contribution is 2.30. The van der Waals surface area contributed by atoms with Crippen molar-refractivity contribution in [2.75, 3.05) is 6.54 Å². The first kappa shape index (κ1) is 16.8. The summed E-state index contributed by atoms with van der Waals surface area (Å²) in [4.78, 5) is 15.8. The predicted molar refractivity (Wildman–Crippen MR) is 113 cm³/mol. The molecule has 0 aliphatic carbocycles. The molecular formula is C22H19N3S2. The van der Waals surface area contributed by atoms with Crippen LogP contribution in [0.25, 0.3) is 21.1 Å². The average molecular weight is 390 g/mol. The van der Waals surface area contributed by atoms with Crippen molar-refractivity contribution >= 4 is 22.7 Å². The summed E-state index contributed by atoms with van der Waals surface area (Å²) in [6, 6.07) is 19.3. The fourth-order valence-electron chi connectivity index (χ4n) is 3.46. The van der Waals surface area contributed by atoms with Crippen molar-refractivity contribution in [1.29, 1.82) is 0 Å². The van der Waals surface area contributed by atoms with Crippen LogP contribution in [0, 0.1) is 0 Å². The molecular weight excluding hydrogens is 370 g/mol. The van der Waals surface area contributed by atoms with Crippen molar-refractivity contribution < 1.29 is 0 Å².